The molecule has 0 amide bonds. The number of pyridine rings is 1. The second-order valence-corrected chi connectivity index (χ2v) is 7.56. The largest absolute Gasteiger partial charge is 0.378 e. The summed E-state index contributed by atoms with van der Waals surface area (Å²) >= 11 is 2.09. The molecule has 118 valence electrons. The van der Waals surface area contributed by atoms with Crippen molar-refractivity contribution in [2.45, 2.75) is 44.8 Å². The van der Waals surface area contributed by atoms with Gasteiger partial charge in [0.05, 0.1) is 6.10 Å². The number of aromatic nitrogens is 3. The molecule has 2 aliphatic rings. The quantitative estimate of drug-likeness (QED) is 0.867. The molecule has 2 aromatic heterocycles. The number of hydrogen-bond donors (Lipinski definition) is 0. The molecule has 0 radical (unpaired) electrons. The topological polar surface area (TPSA) is 39.9 Å². The van der Waals surface area contributed by atoms with Crippen LogP contribution in [0.5, 0.6) is 0 Å². The van der Waals surface area contributed by atoms with Crippen LogP contribution in [0.25, 0.3) is 11.2 Å². The standard InChI is InChI=1S/C17H23N3OS/c1-6-15-17(18-7-1)20(11-13-4-3-9-22-12-13)16(19-15)10-14-5-2-8-21-14/h1,6-7,13-14H,2-5,8-12H2. The molecule has 0 aliphatic carbocycles. The molecule has 0 spiro atoms. The van der Waals surface area contributed by atoms with E-state index in [1.54, 1.807) is 0 Å². The second kappa shape index (κ2) is 6.59. The molecule has 2 aromatic rings. The van der Waals surface area contributed by atoms with Gasteiger partial charge in [-0.05, 0) is 55.2 Å². The molecule has 2 unspecified atom stereocenters. The fourth-order valence-corrected chi connectivity index (χ4v) is 4.71. The molecule has 0 N–H and O–H groups in total. The molecule has 22 heavy (non-hydrogen) atoms. The molecule has 2 saturated heterocycles. The highest BCUT2D eigenvalue weighted by atomic mass is 32.2. The van der Waals surface area contributed by atoms with Crippen LogP contribution in [0.3, 0.4) is 0 Å². The first kappa shape index (κ1) is 14.5. The van der Waals surface area contributed by atoms with E-state index in [4.69, 9.17) is 9.72 Å². The molecule has 4 rings (SSSR count). The maximum Gasteiger partial charge on any atom is 0.159 e. The van der Waals surface area contributed by atoms with E-state index in [1.807, 2.05) is 12.3 Å². The van der Waals surface area contributed by atoms with Gasteiger partial charge in [-0.2, -0.15) is 11.8 Å². The molecular formula is C17H23N3OS. The van der Waals surface area contributed by atoms with E-state index in [-0.39, 0.29) is 0 Å². The van der Waals surface area contributed by atoms with Crippen molar-refractivity contribution in [3.05, 3.63) is 24.2 Å². The Morgan fingerprint density at radius 3 is 3.14 bits per heavy atom. The number of fused-ring (bicyclic) bond motifs is 1. The first-order chi connectivity index (χ1) is 10.9. The monoisotopic (exact) mass is 317 g/mol. The number of nitrogens with zero attached hydrogens (tertiary/aromatic N) is 3. The highest BCUT2D eigenvalue weighted by molar-refractivity contribution is 7.99. The van der Waals surface area contributed by atoms with Crippen LogP contribution in [0.15, 0.2) is 18.3 Å². The third-order valence-electron chi connectivity index (χ3n) is 4.71. The van der Waals surface area contributed by atoms with Crippen LogP contribution in [-0.2, 0) is 17.7 Å². The van der Waals surface area contributed by atoms with Gasteiger partial charge in [-0.3, -0.25) is 0 Å². The number of thioether (sulfide) groups is 1. The second-order valence-electron chi connectivity index (χ2n) is 6.41. The Kier molecular flexibility index (Phi) is 4.35. The highest BCUT2D eigenvalue weighted by Gasteiger charge is 2.23. The Hall–Kier alpha value is -1.07. The lowest BCUT2D eigenvalue weighted by Gasteiger charge is -2.23. The van der Waals surface area contributed by atoms with Gasteiger partial charge >= 0.3 is 0 Å². The van der Waals surface area contributed by atoms with Crippen molar-refractivity contribution in [2.24, 2.45) is 5.92 Å². The summed E-state index contributed by atoms with van der Waals surface area (Å²) in [6.07, 6.45) is 8.17. The molecular weight excluding hydrogens is 294 g/mol. The fraction of sp³-hybridized carbons (Fsp3) is 0.647. The van der Waals surface area contributed by atoms with Crippen molar-refractivity contribution in [1.29, 1.82) is 0 Å². The maximum absolute atomic E-state index is 5.82. The van der Waals surface area contributed by atoms with E-state index in [0.29, 0.717) is 6.10 Å². The van der Waals surface area contributed by atoms with Gasteiger partial charge < -0.3 is 9.30 Å². The molecule has 0 aromatic carbocycles. The van der Waals surface area contributed by atoms with Crippen LogP contribution in [0.4, 0.5) is 0 Å². The number of rotatable bonds is 4. The average molecular weight is 317 g/mol. The molecule has 4 heterocycles. The minimum absolute atomic E-state index is 0.344. The summed E-state index contributed by atoms with van der Waals surface area (Å²) in [6, 6.07) is 4.06. The molecule has 0 saturated carbocycles. The van der Waals surface area contributed by atoms with Crippen LogP contribution >= 0.6 is 11.8 Å². The lowest BCUT2D eigenvalue weighted by molar-refractivity contribution is 0.109. The molecule has 5 heteroatoms. The van der Waals surface area contributed by atoms with E-state index in [9.17, 15) is 0 Å². The van der Waals surface area contributed by atoms with E-state index in [0.717, 1.165) is 48.9 Å². The van der Waals surface area contributed by atoms with Gasteiger partial charge in [0, 0.05) is 25.8 Å². The lowest BCUT2D eigenvalue weighted by Crippen LogP contribution is -2.21. The van der Waals surface area contributed by atoms with Crippen molar-refractivity contribution < 1.29 is 4.74 Å². The smallest absolute Gasteiger partial charge is 0.159 e. The van der Waals surface area contributed by atoms with Crippen LogP contribution in [0.1, 0.15) is 31.5 Å². The highest BCUT2D eigenvalue weighted by Crippen LogP contribution is 2.27. The Bertz CT molecular complexity index is 630. The summed E-state index contributed by atoms with van der Waals surface area (Å²) in [5, 5.41) is 0. The molecule has 4 nitrogen and oxygen atoms in total. The summed E-state index contributed by atoms with van der Waals surface area (Å²) in [5.74, 6) is 4.51. The lowest BCUT2D eigenvalue weighted by atomic mass is 10.1. The minimum atomic E-state index is 0.344. The van der Waals surface area contributed by atoms with Crippen molar-refractivity contribution >= 4 is 22.9 Å². The van der Waals surface area contributed by atoms with Gasteiger partial charge in [0.15, 0.2) is 5.65 Å². The van der Waals surface area contributed by atoms with Crippen molar-refractivity contribution in [3.8, 4) is 0 Å². The van der Waals surface area contributed by atoms with E-state index >= 15 is 0 Å². The Morgan fingerprint density at radius 1 is 1.32 bits per heavy atom. The van der Waals surface area contributed by atoms with Gasteiger partial charge in [-0.1, -0.05) is 0 Å². The molecule has 2 fully saturated rings. The SMILES string of the molecule is c1cnc2c(c1)nc(CC1CCCO1)n2CC1CCCSC1. The van der Waals surface area contributed by atoms with E-state index in [2.05, 4.69) is 27.4 Å². The van der Waals surface area contributed by atoms with Gasteiger partial charge in [-0.25, -0.2) is 9.97 Å². The van der Waals surface area contributed by atoms with Gasteiger partial charge in [-0.15, -0.1) is 0 Å². The average Bonchev–Trinajstić information content (AvgIpc) is 3.18. The van der Waals surface area contributed by atoms with E-state index in [1.165, 1.54) is 30.8 Å². The molecule has 2 atom stereocenters. The zero-order chi connectivity index (χ0) is 14.8. The summed E-state index contributed by atoms with van der Waals surface area (Å²) in [7, 11) is 0. The fourth-order valence-electron chi connectivity index (χ4n) is 3.57. The zero-order valence-electron chi connectivity index (χ0n) is 12.9. The molecule has 0 bridgehead atoms. The summed E-state index contributed by atoms with van der Waals surface area (Å²) in [6.45, 7) is 1.96. The normalized spacial score (nSPS) is 25.8. The summed E-state index contributed by atoms with van der Waals surface area (Å²) < 4.78 is 8.19. The van der Waals surface area contributed by atoms with Crippen molar-refractivity contribution in [1.82, 2.24) is 14.5 Å². The Balaban J connectivity index is 1.63. The first-order valence-electron chi connectivity index (χ1n) is 8.39. The predicted octanol–water partition coefficient (Wildman–Crippen LogP) is 3.30. The first-order valence-corrected chi connectivity index (χ1v) is 9.55. The number of imidazole rings is 1. The third kappa shape index (κ3) is 3.01. The van der Waals surface area contributed by atoms with Gasteiger partial charge in [0.2, 0.25) is 0 Å². The van der Waals surface area contributed by atoms with Crippen LogP contribution < -0.4 is 0 Å². The number of ether oxygens (including phenoxy) is 1. The summed E-state index contributed by atoms with van der Waals surface area (Å²) in [5.41, 5.74) is 2.07. The number of hydrogen-bond acceptors (Lipinski definition) is 4. The van der Waals surface area contributed by atoms with Crippen LogP contribution in [-0.4, -0.2) is 38.8 Å². The van der Waals surface area contributed by atoms with Crippen molar-refractivity contribution in [2.75, 3.05) is 18.1 Å². The summed E-state index contributed by atoms with van der Waals surface area (Å²) in [4.78, 5) is 9.45. The Labute approximate surface area is 135 Å². The Morgan fingerprint density at radius 2 is 2.32 bits per heavy atom. The van der Waals surface area contributed by atoms with Gasteiger partial charge in [0.25, 0.3) is 0 Å². The van der Waals surface area contributed by atoms with E-state index < -0.39 is 0 Å². The van der Waals surface area contributed by atoms with Gasteiger partial charge in [0.1, 0.15) is 11.3 Å². The van der Waals surface area contributed by atoms with Crippen molar-refractivity contribution in [3.63, 3.8) is 0 Å². The predicted molar refractivity (Wildman–Crippen MR) is 90.3 cm³/mol. The minimum Gasteiger partial charge on any atom is -0.378 e. The van der Waals surface area contributed by atoms with Crippen LogP contribution in [0.2, 0.25) is 0 Å². The maximum atomic E-state index is 5.82. The zero-order valence-corrected chi connectivity index (χ0v) is 13.7. The third-order valence-corrected chi connectivity index (χ3v) is 6.00. The molecule has 2 aliphatic heterocycles. The van der Waals surface area contributed by atoms with Crippen LogP contribution in [0, 0.1) is 5.92 Å².